The number of carbonyl (C=O) groups excluding carboxylic acids is 1. The Hall–Kier alpha value is 0.0534. The van der Waals surface area contributed by atoms with Gasteiger partial charge >= 0.3 is 93.4 Å². The van der Waals surface area contributed by atoms with Crippen LogP contribution in [0, 0.1) is 0 Å². The molecule has 3 nitrogen and oxygen atoms in total. The van der Waals surface area contributed by atoms with Crippen molar-refractivity contribution in [2.24, 2.45) is 0 Å². The Kier molecular flexibility index (Phi) is 4.52. The van der Waals surface area contributed by atoms with Crippen molar-refractivity contribution in [1.29, 1.82) is 0 Å². The van der Waals surface area contributed by atoms with Crippen LogP contribution in [0.25, 0.3) is 0 Å². The molecule has 0 radical (unpaired) electrons. The maximum absolute atomic E-state index is 11.6. The molecule has 0 atom stereocenters. The van der Waals surface area contributed by atoms with Crippen molar-refractivity contribution in [3.8, 4) is 0 Å². The quantitative estimate of drug-likeness (QED) is 0.764. The van der Waals surface area contributed by atoms with Crippen LogP contribution in [0.4, 0.5) is 4.79 Å². The van der Waals surface area contributed by atoms with Gasteiger partial charge < -0.3 is 0 Å². The molecule has 0 saturated carbocycles. The Morgan fingerprint density at radius 1 is 1.36 bits per heavy atom. The van der Waals surface area contributed by atoms with Gasteiger partial charge in [0.15, 0.2) is 0 Å². The minimum atomic E-state index is -1.14. The van der Waals surface area contributed by atoms with Gasteiger partial charge in [0.25, 0.3) is 0 Å². The normalized spacial score (nSPS) is 18.8. The van der Waals surface area contributed by atoms with Crippen LogP contribution in [-0.4, -0.2) is 23.3 Å². The van der Waals surface area contributed by atoms with E-state index in [4.69, 9.17) is 4.74 Å². The van der Waals surface area contributed by atoms with Crippen LogP contribution in [-0.2, 0) is 21.9 Å². The molecule has 0 bridgehead atoms. The summed E-state index contributed by atoms with van der Waals surface area (Å²) in [5, 5.41) is 3.31. The summed E-state index contributed by atoms with van der Waals surface area (Å²) >= 11 is -1.14. The van der Waals surface area contributed by atoms with Gasteiger partial charge in [0.1, 0.15) is 0 Å². The molecular weight excluding hydrogens is 232 g/mol. The van der Waals surface area contributed by atoms with E-state index in [1.807, 2.05) is 20.8 Å². The molecule has 1 saturated heterocycles. The van der Waals surface area contributed by atoms with Crippen LogP contribution < -0.4 is 5.32 Å². The number of rotatable bonds is 2. The molecule has 78 valence electrons. The summed E-state index contributed by atoms with van der Waals surface area (Å²) in [5.74, 6) is 0. The molecule has 1 fully saturated rings. The fourth-order valence-corrected chi connectivity index (χ4v) is 5.49. The predicted octanol–water partition coefficient (Wildman–Crippen LogP) is 2.18. The first kappa shape index (κ1) is 12.1. The summed E-state index contributed by atoms with van der Waals surface area (Å²) < 4.78 is 6.21. The molecule has 14 heavy (non-hydrogen) atoms. The first-order valence-electron chi connectivity index (χ1n) is 5.40. The van der Waals surface area contributed by atoms with E-state index in [-0.39, 0.29) is 10.2 Å². The van der Waals surface area contributed by atoms with E-state index in [1.165, 1.54) is 12.8 Å². The van der Waals surface area contributed by atoms with Crippen molar-refractivity contribution >= 4 is 4.56 Å². The SMILES string of the molecule is CC(C)(C)O[C](=O)[Zn][CH]1CCNCC1. The van der Waals surface area contributed by atoms with E-state index < -0.39 is 17.1 Å². The zero-order valence-corrected chi connectivity index (χ0v) is 12.4. The fraction of sp³-hybridized carbons (Fsp3) is 0.900. The molecule has 0 spiro atoms. The third-order valence-corrected chi connectivity index (χ3v) is 6.26. The number of carbonyl (C=O) groups is 1. The van der Waals surface area contributed by atoms with Crippen molar-refractivity contribution in [2.75, 3.05) is 13.1 Å². The van der Waals surface area contributed by atoms with E-state index in [9.17, 15) is 4.79 Å². The number of piperidine rings is 1. The van der Waals surface area contributed by atoms with Gasteiger partial charge in [-0.2, -0.15) is 0 Å². The van der Waals surface area contributed by atoms with Crippen LogP contribution in [0.2, 0.25) is 4.51 Å². The zero-order valence-electron chi connectivity index (χ0n) is 9.43. The molecule has 0 unspecified atom stereocenters. The predicted molar refractivity (Wildman–Crippen MR) is 52.1 cm³/mol. The topological polar surface area (TPSA) is 38.3 Å². The van der Waals surface area contributed by atoms with Gasteiger partial charge in [0, 0.05) is 0 Å². The summed E-state index contributed by atoms with van der Waals surface area (Å²) in [7, 11) is 0. The standard InChI is InChI=1S/C5H10N.C5H9O2.Zn/c1-2-4-6-5-3-1;1-5(2,3)7-4-6;/h1,6H,2-5H2;1-3H3;. The zero-order chi connectivity index (χ0) is 10.6. The molecular formula is C10H19NO2Zn. The molecule has 1 heterocycles. The van der Waals surface area contributed by atoms with Gasteiger partial charge in [-0.05, 0) is 0 Å². The van der Waals surface area contributed by atoms with Gasteiger partial charge in [-0.1, -0.05) is 0 Å². The van der Waals surface area contributed by atoms with Crippen LogP contribution in [0.1, 0.15) is 33.6 Å². The van der Waals surface area contributed by atoms with Crippen molar-refractivity contribution < 1.29 is 26.7 Å². The monoisotopic (exact) mass is 249 g/mol. The van der Waals surface area contributed by atoms with Gasteiger partial charge in [0.2, 0.25) is 0 Å². The maximum atomic E-state index is 11.6. The molecule has 4 heteroatoms. The van der Waals surface area contributed by atoms with Crippen molar-refractivity contribution in [3.63, 3.8) is 0 Å². The Bertz CT molecular complexity index is 195. The van der Waals surface area contributed by atoms with Gasteiger partial charge in [-0.15, -0.1) is 0 Å². The Labute approximate surface area is 93.6 Å². The molecule has 1 aliphatic rings. The number of ether oxygens (including phenoxy) is 1. The molecule has 0 aliphatic carbocycles. The summed E-state index contributed by atoms with van der Waals surface area (Å²) in [6.07, 6.45) is 2.36. The number of nitrogens with one attached hydrogen (secondary N) is 1. The third-order valence-electron chi connectivity index (χ3n) is 2.33. The van der Waals surface area contributed by atoms with Gasteiger partial charge in [-0.25, -0.2) is 0 Å². The average molecular weight is 251 g/mol. The second-order valence-corrected chi connectivity index (χ2v) is 9.47. The molecule has 0 aromatic heterocycles. The van der Waals surface area contributed by atoms with Crippen molar-refractivity contribution in [3.05, 3.63) is 0 Å². The number of hydrogen-bond donors (Lipinski definition) is 1. The average Bonchev–Trinajstić information content (AvgIpc) is 2.02. The Balaban J connectivity index is 2.25. The Morgan fingerprint density at radius 2 is 1.93 bits per heavy atom. The van der Waals surface area contributed by atoms with E-state index in [1.54, 1.807) is 0 Å². The first-order valence-corrected chi connectivity index (χ1v) is 8.59. The minimum absolute atomic E-state index is 0.136. The fourth-order valence-electron chi connectivity index (χ4n) is 1.70. The van der Waals surface area contributed by atoms with Crippen LogP contribution in [0.5, 0.6) is 0 Å². The molecule has 0 amide bonds. The van der Waals surface area contributed by atoms with Crippen LogP contribution in [0.3, 0.4) is 0 Å². The summed E-state index contributed by atoms with van der Waals surface area (Å²) in [4.78, 5) is 11.6. The van der Waals surface area contributed by atoms with Gasteiger partial charge in [-0.3, -0.25) is 0 Å². The summed E-state index contributed by atoms with van der Waals surface area (Å²) in [6, 6.07) is 0. The van der Waals surface area contributed by atoms with Crippen LogP contribution in [0.15, 0.2) is 0 Å². The van der Waals surface area contributed by atoms with E-state index in [0.29, 0.717) is 4.51 Å². The second-order valence-electron chi connectivity index (χ2n) is 4.98. The van der Waals surface area contributed by atoms with Crippen LogP contribution >= 0.6 is 0 Å². The molecule has 0 aromatic rings. The third kappa shape index (κ3) is 5.06. The molecule has 1 rings (SSSR count). The second kappa shape index (κ2) is 5.22. The molecule has 0 aromatic carbocycles. The first-order chi connectivity index (χ1) is 6.47. The van der Waals surface area contributed by atoms with E-state index in [2.05, 4.69) is 5.32 Å². The van der Waals surface area contributed by atoms with Crippen molar-refractivity contribution in [1.82, 2.24) is 5.32 Å². The number of hydrogen-bond acceptors (Lipinski definition) is 3. The molecule has 1 N–H and O–H groups in total. The van der Waals surface area contributed by atoms with E-state index in [0.717, 1.165) is 13.1 Å². The Morgan fingerprint density at radius 3 is 2.43 bits per heavy atom. The van der Waals surface area contributed by atoms with Crippen molar-refractivity contribution in [2.45, 2.75) is 43.7 Å². The summed E-state index contributed by atoms with van der Waals surface area (Å²) in [5.41, 5.74) is -0.296. The van der Waals surface area contributed by atoms with E-state index >= 15 is 0 Å². The molecule has 1 aliphatic heterocycles. The summed E-state index contributed by atoms with van der Waals surface area (Å²) in [6.45, 7) is 7.98. The van der Waals surface area contributed by atoms with Gasteiger partial charge in [0.05, 0.1) is 0 Å².